The maximum Gasteiger partial charge on any atom is 0.102 e. The number of nitrogens with one attached hydrogen (secondary N) is 1. The maximum absolute atomic E-state index is 9.51. The van der Waals surface area contributed by atoms with Gasteiger partial charge in [-0.1, -0.05) is 13.0 Å². The Morgan fingerprint density at radius 3 is 3.14 bits per heavy atom. The minimum absolute atomic E-state index is 0.342. The Morgan fingerprint density at radius 2 is 2.33 bits per heavy atom. The van der Waals surface area contributed by atoms with Crippen molar-refractivity contribution in [3.05, 3.63) is 45.6 Å². The van der Waals surface area contributed by atoms with Crippen molar-refractivity contribution in [2.24, 2.45) is 0 Å². The lowest BCUT2D eigenvalue weighted by atomic mass is 9.93. The fourth-order valence-electron chi connectivity index (χ4n) is 2.87. The number of nitriles is 1. The van der Waals surface area contributed by atoms with Crippen molar-refractivity contribution in [1.29, 1.82) is 5.26 Å². The fourth-order valence-corrected chi connectivity index (χ4v) is 4.64. The molecule has 1 aromatic heterocycles. The first-order chi connectivity index (χ1) is 10.3. The van der Waals surface area contributed by atoms with Gasteiger partial charge in [-0.15, -0.1) is 23.1 Å². The Balaban J connectivity index is 1.90. The number of hydrogen-bond donors (Lipinski definition) is 1. The van der Waals surface area contributed by atoms with Crippen LogP contribution in [-0.4, -0.2) is 5.75 Å². The van der Waals surface area contributed by atoms with Crippen molar-refractivity contribution in [3.63, 3.8) is 0 Å². The van der Waals surface area contributed by atoms with Gasteiger partial charge in [-0.25, -0.2) is 0 Å². The molecule has 3 rings (SSSR count). The minimum Gasteiger partial charge on any atom is -0.377 e. The Labute approximate surface area is 134 Å². The van der Waals surface area contributed by atoms with Crippen LogP contribution < -0.4 is 5.32 Å². The molecule has 1 aliphatic carbocycles. The predicted molar refractivity (Wildman–Crippen MR) is 91.2 cm³/mol. The van der Waals surface area contributed by atoms with E-state index in [0.29, 0.717) is 6.04 Å². The molecule has 0 fully saturated rings. The average molecular weight is 314 g/mol. The van der Waals surface area contributed by atoms with Crippen LogP contribution in [0.4, 0.5) is 5.69 Å². The van der Waals surface area contributed by atoms with Crippen LogP contribution in [-0.2, 0) is 6.42 Å². The van der Waals surface area contributed by atoms with Gasteiger partial charge in [0, 0.05) is 9.77 Å². The summed E-state index contributed by atoms with van der Waals surface area (Å²) < 4.78 is 0. The Kier molecular flexibility index (Phi) is 4.52. The minimum atomic E-state index is 0.342. The van der Waals surface area contributed by atoms with Crippen LogP contribution in [0.1, 0.15) is 41.8 Å². The molecule has 2 aromatic rings. The van der Waals surface area contributed by atoms with Crippen LogP contribution in [0.15, 0.2) is 34.5 Å². The molecule has 4 heteroatoms. The molecule has 1 aliphatic rings. The summed E-state index contributed by atoms with van der Waals surface area (Å²) in [7, 11) is 0. The first-order valence-corrected chi connectivity index (χ1v) is 9.18. The van der Waals surface area contributed by atoms with Crippen LogP contribution in [0.2, 0.25) is 0 Å². The van der Waals surface area contributed by atoms with Crippen LogP contribution in [0, 0.1) is 11.3 Å². The number of benzene rings is 1. The van der Waals surface area contributed by atoms with Crippen LogP contribution >= 0.6 is 23.1 Å². The zero-order valence-electron chi connectivity index (χ0n) is 12.1. The summed E-state index contributed by atoms with van der Waals surface area (Å²) in [6.07, 6.45) is 3.55. The Morgan fingerprint density at radius 1 is 1.43 bits per heavy atom. The average Bonchev–Trinajstić information content (AvgIpc) is 2.97. The Bertz CT molecular complexity index is 670. The van der Waals surface area contributed by atoms with Crippen molar-refractivity contribution in [1.82, 2.24) is 0 Å². The molecule has 21 heavy (non-hydrogen) atoms. The number of rotatable bonds is 4. The van der Waals surface area contributed by atoms with E-state index >= 15 is 0 Å². The smallest absolute Gasteiger partial charge is 0.102 e. The molecule has 0 saturated carbocycles. The van der Waals surface area contributed by atoms with E-state index in [1.165, 1.54) is 23.3 Å². The van der Waals surface area contributed by atoms with E-state index in [-0.39, 0.29) is 0 Å². The molecule has 108 valence electrons. The standard InChI is InChI=1S/C17H18N2S2/c1-2-20-17-8-4-6-15(13(17)11-18)19-14-5-3-7-16-12(14)9-10-21-16/h4,6,8-10,14,19H,2-3,5,7H2,1H3. The van der Waals surface area contributed by atoms with Crippen LogP contribution in [0.5, 0.6) is 0 Å². The third kappa shape index (κ3) is 2.95. The topological polar surface area (TPSA) is 35.8 Å². The second-order valence-corrected chi connectivity index (χ2v) is 7.42. The lowest BCUT2D eigenvalue weighted by Crippen LogP contribution is -2.16. The van der Waals surface area contributed by atoms with E-state index in [0.717, 1.165) is 28.3 Å². The number of fused-ring (bicyclic) bond motifs is 1. The molecular formula is C17H18N2S2. The molecule has 1 aromatic carbocycles. The third-order valence-electron chi connectivity index (χ3n) is 3.82. The summed E-state index contributed by atoms with van der Waals surface area (Å²) in [5, 5.41) is 15.3. The van der Waals surface area contributed by atoms with Crippen LogP contribution in [0.25, 0.3) is 0 Å². The number of thioether (sulfide) groups is 1. The molecule has 0 radical (unpaired) electrons. The molecule has 1 unspecified atom stereocenters. The van der Waals surface area contributed by atoms with Crippen LogP contribution in [0.3, 0.4) is 0 Å². The zero-order chi connectivity index (χ0) is 14.7. The van der Waals surface area contributed by atoms with Gasteiger partial charge in [0.25, 0.3) is 0 Å². The number of hydrogen-bond acceptors (Lipinski definition) is 4. The maximum atomic E-state index is 9.51. The molecule has 1 N–H and O–H groups in total. The Hall–Kier alpha value is -1.44. The first kappa shape index (κ1) is 14.5. The highest BCUT2D eigenvalue weighted by Crippen LogP contribution is 2.37. The fraction of sp³-hybridized carbons (Fsp3) is 0.353. The largest absolute Gasteiger partial charge is 0.377 e. The second-order valence-electron chi connectivity index (χ2n) is 5.11. The molecule has 0 bridgehead atoms. The molecule has 2 nitrogen and oxygen atoms in total. The lowest BCUT2D eigenvalue weighted by Gasteiger charge is -2.25. The van der Waals surface area contributed by atoms with Gasteiger partial charge in [0.15, 0.2) is 0 Å². The summed E-state index contributed by atoms with van der Waals surface area (Å²) in [6.45, 7) is 2.12. The zero-order valence-corrected chi connectivity index (χ0v) is 13.7. The van der Waals surface area contributed by atoms with Crippen molar-refractivity contribution in [2.75, 3.05) is 11.1 Å². The van der Waals surface area contributed by atoms with Gasteiger partial charge in [0.2, 0.25) is 0 Å². The normalized spacial score (nSPS) is 17.0. The highest BCUT2D eigenvalue weighted by Gasteiger charge is 2.22. The highest BCUT2D eigenvalue weighted by atomic mass is 32.2. The molecule has 0 saturated heterocycles. The summed E-state index contributed by atoms with van der Waals surface area (Å²) in [6, 6.07) is 11.1. The van der Waals surface area contributed by atoms with Crippen molar-refractivity contribution in [3.8, 4) is 6.07 Å². The molecule has 0 spiro atoms. The van der Waals surface area contributed by atoms with Gasteiger partial charge < -0.3 is 5.32 Å². The summed E-state index contributed by atoms with van der Waals surface area (Å²) in [5.74, 6) is 0.982. The summed E-state index contributed by atoms with van der Waals surface area (Å²) >= 11 is 3.58. The lowest BCUT2D eigenvalue weighted by molar-refractivity contribution is 0.608. The molecule has 0 amide bonds. The summed E-state index contributed by atoms with van der Waals surface area (Å²) in [4.78, 5) is 2.57. The van der Waals surface area contributed by atoms with E-state index in [4.69, 9.17) is 0 Å². The predicted octanol–water partition coefficient (Wildman–Crippen LogP) is 5.22. The van der Waals surface area contributed by atoms with Gasteiger partial charge in [0.1, 0.15) is 6.07 Å². The molecular weight excluding hydrogens is 296 g/mol. The quantitative estimate of drug-likeness (QED) is 0.786. The number of aryl methyl sites for hydroxylation is 1. The molecule has 0 aliphatic heterocycles. The van der Waals surface area contributed by atoms with E-state index in [1.807, 2.05) is 29.5 Å². The number of thiophene rings is 1. The van der Waals surface area contributed by atoms with Gasteiger partial charge in [-0.2, -0.15) is 5.26 Å². The van der Waals surface area contributed by atoms with E-state index in [9.17, 15) is 5.26 Å². The highest BCUT2D eigenvalue weighted by molar-refractivity contribution is 7.99. The van der Waals surface area contributed by atoms with Gasteiger partial charge in [-0.05, 0) is 54.2 Å². The van der Waals surface area contributed by atoms with Crippen molar-refractivity contribution in [2.45, 2.75) is 37.1 Å². The van der Waals surface area contributed by atoms with E-state index in [2.05, 4.69) is 29.8 Å². The number of nitrogens with zero attached hydrogens (tertiary/aromatic N) is 1. The van der Waals surface area contributed by atoms with E-state index < -0.39 is 0 Å². The first-order valence-electron chi connectivity index (χ1n) is 7.32. The van der Waals surface area contributed by atoms with Crippen molar-refractivity contribution >= 4 is 28.8 Å². The second kappa shape index (κ2) is 6.55. The molecule has 1 atom stereocenters. The van der Waals surface area contributed by atoms with Crippen molar-refractivity contribution < 1.29 is 0 Å². The monoisotopic (exact) mass is 314 g/mol. The molecule has 1 heterocycles. The summed E-state index contributed by atoms with van der Waals surface area (Å²) in [5.41, 5.74) is 3.18. The van der Waals surface area contributed by atoms with Gasteiger partial charge >= 0.3 is 0 Å². The van der Waals surface area contributed by atoms with E-state index in [1.54, 1.807) is 11.8 Å². The third-order valence-corrected chi connectivity index (χ3v) is 5.76. The van der Waals surface area contributed by atoms with Gasteiger partial charge in [-0.3, -0.25) is 0 Å². The SMILES string of the molecule is CCSc1cccc(NC2CCCc3sccc32)c1C#N. The number of anilines is 1. The van der Waals surface area contributed by atoms with Gasteiger partial charge in [0.05, 0.1) is 17.3 Å².